The zero-order chi connectivity index (χ0) is 21.7. The second-order valence-electron chi connectivity index (χ2n) is 7.91. The molecule has 0 saturated heterocycles. The fraction of sp³-hybridized carbons (Fsp3) is 0.333. The molecule has 0 heterocycles. The van der Waals surface area contributed by atoms with Gasteiger partial charge in [-0.15, -0.1) is 0 Å². The second-order valence-corrected chi connectivity index (χ2v) is 7.91. The molecule has 0 unspecified atom stereocenters. The Hall–Kier alpha value is -3.12. The van der Waals surface area contributed by atoms with Gasteiger partial charge in [-0.2, -0.15) is 0 Å². The van der Waals surface area contributed by atoms with Crippen LogP contribution in [0.4, 0.5) is 11.4 Å². The van der Waals surface area contributed by atoms with Crippen LogP contribution in [0.15, 0.2) is 64.2 Å². The fourth-order valence-corrected chi connectivity index (χ4v) is 3.61. The largest absolute Gasteiger partial charge is 0.508 e. The summed E-state index contributed by atoms with van der Waals surface area (Å²) in [7, 11) is 5.85. The molecule has 6 heteroatoms. The Bertz CT molecular complexity index is 1020. The van der Waals surface area contributed by atoms with Crippen LogP contribution in [-0.4, -0.2) is 50.3 Å². The molecule has 158 valence electrons. The zero-order valence-electron chi connectivity index (χ0n) is 17.8. The molecule has 0 aromatic heterocycles. The number of nitrogens with one attached hydrogen (secondary N) is 1. The standard InChI is InChI=1S/C24H29N3O3/c1-26(2)19(15-18-9-11-20(28)12-10-18)16-27(3)22-21(23(29)24(22)30)25-14-13-17-7-5-4-6-8-17/h4-12,19,25,28H,13-16H2,1-3H3/t19-/m1/s1. The van der Waals surface area contributed by atoms with Gasteiger partial charge in [-0.05, 0) is 50.2 Å². The quantitative estimate of drug-likeness (QED) is 0.502. The van der Waals surface area contributed by atoms with Gasteiger partial charge < -0.3 is 20.2 Å². The average Bonchev–Trinajstić information content (AvgIpc) is 2.74. The maximum atomic E-state index is 12.3. The summed E-state index contributed by atoms with van der Waals surface area (Å²) in [6, 6.07) is 17.3. The van der Waals surface area contributed by atoms with E-state index in [1.807, 2.05) is 68.5 Å². The Morgan fingerprint density at radius 2 is 1.57 bits per heavy atom. The van der Waals surface area contributed by atoms with Crippen molar-refractivity contribution >= 4 is 11.4 Å². The molecular formula is C24H29N3O3. The van der Waals surface area contributed by atoms with E-state index >= 15 is 0 Å². The van der Waals surface area contributed by atoms with Gasteiger partial charge in [-0.3, -0.25) is 9.59 Å². The van der Waals surface area contributed by atoms with Crippen molar-refractivity contribution in [2.24, 2.45) is 0 Å². The first-order chi connectivity index (χ1) is 14.4. The smallest absolute Gasteiger partial charge is 0.253 e. The SMILES string of the molecule is CN(C[C@@H](Cc1ccc(O)cc1)N(C)C)c1c(NCCc2ccccc2)c(=O)c1=O. The molecule has 0 aliphatic carbocycles. The highest BCUT2D eigenvalue weighted by atomic mass is 16.3. The highest BCUT2D eigenvalue weighted by Gasteiger charge is 2.26. The van der Waals surface area contributed by atoms with E-state index in [0.29, 0.717) is 24.5 Å². The molecule has 0 aliphatic heterocycles. The van der Waals surface area contributed by atoms with E-state index in [1.165, 1.54) is 5.56 Å². The number of likely N-dealkylation sites (N-methyl/N-ethyl adjacent to an activating group) is 2. The summed E-state index contributed by atoms with van der Waals surface area (Å²) in [6.07, 6.45) is 1.55. The Morgan fingerprint density at radius 1 is 0.900 bits per heavy atom. The van der Waals surface area contributed by atoms with Gasteiger partial charge in [0.05, 0.1) is 0 Å². The summed E-state index contributed by atoms with van der Waals surface area (Å²) in [5.41, 5.74) is 2.30. The van der Waals surface area contributed by atoms with Crippen molar-refractivity contribution in [3.8, 4) is 5.75 Å². The maximum absolute atomic E-state index is 12.3. The minimum atomic E-state index is -0.440. The van der Waals surface area contributed by atoms with Gasteiger partial charge in [0.25, 0.3) is 10.9 Å². The van der Waals surface area contributed by atoms with Gasteiger partial charge in [0.2, 0.25) is 0 Å². The molecule has 0 saturated carbocycles. The van der Waals surface area contributed by atoms with Crippen LogP contribution >= 0.6 is 0 Å². The number of phenols is 1. The van der Waals surface area contributed by atoms with Gasteiger partial charge >= 0.3 is 0 Å². The predicted octanol–water partition coefficient (Wildman–Crippen LogP) is 2.25. The molecule has 3 aromatic rings. The van der Waals surface area contributed by atoms with Gasteiger partial charge in [-0.1, -0.05) is 42.5 Å². The first-order valence-electron chi connectivity index (χ1n) is 10.1. The Kier molecular flexibility index (Phi) is 6.90. The van der Waals surface area contributed by atoms with E-state index in [4.69, 9.17) is 0 Å². The monoisotopic (exact) mass is 407 g/mol. The number of anilines is 2. The molecule has 3 aromatic carbocycles. The van der Waals surface area contributed by atoms with Crippen LogP contribution in [0, 0.1) is 0 Å². The molecule has 0 spiro atoms. The molecule has 2 N–H and O–H groups in total. The van der Waals surface area contributed by atoms with Gasteiger partial charge in [0.15, 0.2) is 0 Å². The van der Waals surface area contributed by atoms with Gasteiger partial charge in [-0.25, -0.2) is 0 Å². The minimum absolute atomic E-state index is 0.140. The number of aromatic hydroxyl groups is 1. The zero-order valence-corrected chi connectivity index (χ0v) is 17.8. The second kappa shape index (κ2) is 9.59. The fourth-order valence-electron chi connectivity index (χ4n) is 3.61. The van der Waals surface area contributed by atoms with Crippen molar-refractivity contribution in [2.75, 3.05) is 44.4 Å². The number of nitrogens with zero attached hydrogens (tertiary/aromatic N) is 2. The van der Waals surface area contributed by atoms with E-state index in [-0.39, 0.29) is 11.8 Å². The topological polar surface area (TPSA) is 72.9 Å². The molecule has 0 radical (unpaired) electrons. The lowest BCUT2D eigenvalue weighted by Gasteiger charge is -2.31. The van der Waals surface area contributed by atoms with Crippen molar-refractivity contribution in [3.05, 3.63) is 86.2 Å². The summed E-state index contributed by atoms with van der Waals surface area (Å²) in [5.74, 6) is 0.243. The molecule has 0 bridgehead atoms. The number of hydrogen-bond donors (Lipinski definition) is 2. The highest BCUT2D eigenvalue weighted by Crippen LogP contribution is 2.21. The molecule has 0 amide bonds. The normalized spacial score (nSPS) is 12.3. The molecule has 6 nitrogen and oxygen atoms in total. The molecular weight excluding hydrogens is 378 g/mol. The predicted molar refractivity (Wildman–Crippen MR) is 123 cm³/mol. The van der Waals surface area contributed by atoms with Crippen LogP contribution in [-0.2, 0) is 12.8 Å². The van der Waals surface area contributed by atoms with Crippen molar-refractivity contribution in [2.45, 2.75) is 18.9 Å². The summed E-state index contributed by atoms with van der Waals surface area (Å²) < 4.78 is 0. The van der Waals surface area contributed by atoms with E-state index < -0.39 is 10.9 Å². The summed E-state index contributed by atoms with van der Waals surface area (Å²) in [5, 5.41) is 12.6. The number of benzene rings is 2. The average molecular weight is 408 g/mol. The molecule has 0 fully saturated rings. The lowest BCUT2D eigenvalue weighted by molar-refractivity contribution is 0.295. The lowest BCUT2D eigenvalue weighted by Crippen LogP contribution is -2.46. The highest BCUT2D eigenvalue weighted by molar-refractivity contribution is 5.75. The number of rotatable bonds is 10. The minimum Gasteiger partial charge on any atom is -0.508 e. The van der Waals surface area contributed by atoms with Crippen LogP contribution in [0.3, 0.4) is 0 Å². The first-order valence-corrected chi connectivity index (χ1v) is 10.1. The third-order valence-corrected chi connectivity index (χ3v) is 5.45. The van der Waals surface area contributed by atoms with Crippen LogP contribution < -0.4 is 21.1 Å². The van der Waals surface area contributed by atoms with E-state index in [9.17, 15) is 14.7 Å². The molecule has 0 aliphatic rings. The van der Waals surface area contributed by atoms with Crippen molar-refractivity contribution < 1.29 is 5.11 Å². The Balaban J connectivity index is 1.65. The summed E-state index contributed by atoms with van der Waals surface area (Å²) in [4.78, 5) is 28.4. The van der Waals surface area contributed by atoms with Crippen molar-refractivity contribution in [1.82, 2.24) is 4.90 Å². The molecule has 3 rings (SSSR count). The third-order valence-electron chi connectivity index (χ3n) is 5.45. The van der Waals surface area contributed by atoms with E-state index in [2.05, 4.69) is 10.2 Å². The third kappa shape index (κ3) is 5.07. The van der Waals surface area contributed by atoms with E-state index in [1.54, 1.807) is 12.1 Å². The Labute approximate surface area is 177 Å². The molecule has 1 atom stereocenters. The number of hydrogen-bond acceptors (Lipinski definition) is 6. The number of phenolic OH excluding ortho intramolecular Hbond substituents is 1. The first kappa shape index (κ1) is 21.6. The maximum Gasteiger partial charge on any atom is 0.253 e. The van der Waals surface area contributed by atoms with Crippen LogP contribution in [0.25, 0.3) is 0 Å². The van der Waals surface area contributed by atoms with Crippen LogP contribution in [0.1, 0.15) is 11.1 Å². The van der Waals surface area contributed by atoms with Crippen molar-refractivity contribution in [3.63, 3.8) is 0 Å². The lowest BCUT2D eigenvalue weighted by atomic mass is 10.0. The summed E-state index contributed by atoms with van der Waals surface area (Å²) in [6.45, 7) is 1.20. The van der Waals surface area contributed by atoms with E-state index in [0.717, 1.165) is 18.4 Å². The van der Waals surface area contributed by atoms with Gasteiger partial charge in [0.1, 0.15) is 17.1 Å². The summed E-state index contributed by atoms with van der Waals surface area (Å²) >= 11 is 0. The van der Waals surface area contributed by atoms with Gasteiger partial charge in [0, 0.05) is 26.2 Å². The Morgan fingerprint density at radius 3 is 2.20 bits per heavy atom. The van der Waals surface area contributed by atoms with Crippen LogP contribution in [0.5, 0.6) is 5.75 Å². The van der Waals surface area contributed by atoms with Crippen molar-refractivity contribution in [1.29, 1.82) is 0 Å². The molecule has 30 heavy (non-hydrogen) atoms. The van der Waals surface area contributed by atoms with Crippen LogP contribution in [0.2, 0.25) is 0 Å².